The Bertz CT molecular complexity index is 554. The SMILES string of the molecule is Cc1cnc(NCc2cc(C(=O)O)ccn2)nc1. The molecule has 0 atom stereocenters. The number of pyridine rings is 1. The van der Waals surface area contributed by atoms with Gasteiger partial charge in [-0.15, -0.1) is 0 Å². The molecule has 2 heterocycles. The van der Waals surface area contributed by atoms with Crippen molar-refractivity contribution >= 4 is 11.9 Å². The number of rotatable bonds is 4. The molecule has 0 aliphatic heterocycles. The predicted molar refractivity (Wildman–Crippen MR) is 65.3 cm³/mol. The fourth-order valence-electron chi connectivity index (χ4n) is 1.36. The van der Waals surface area contributed by atoms with Crippen molar-refractivity contribution in [2.45, 2.75) is 13.5 Å². The lowest BCUT2D eigenvalue weighted by molar-refractivity contribution is 0.0696. The molecule has 0 amide bonds. The van der Waals surface area contributed by atoms with Crippen molar-refractivity contribution in [2.75, 3.05) is 5.32 Å². The van der Waals surface area contributed by atoms with Crippen LogP contribution in [0, 0.1) is 6.92 Å². The van der Waals surface area contributed by atoms with Gasteiger partial charge in [0.2, 0.25) is 5.95 Å². The van der Waals surface area contributed by atoms with Gasteiger partial charge in [-0.1, -0.05) is 0 Å². The minimum absolute atomic E-state index is 0.214. The van der Waals surface area contributed by atoms with Gasteiger partial charge in [-0.05, 0) is 24.6 Å². The second-order valence-electron chi connectivity index (χ2n) is 3.78. The summed E-state index contributed by atoms with van der Waals surface area (Å²) in [5.74, 6) is -0.478. The van der Waals surface area contributed by atoms with Crippen LogP contribution in [0.15, 0.2) is 30.7 Å². The number of nitrogens with one attached hydrogen (secondary N) is 1. The summed E-state index contributed by atoms with van der Waals surface area (Å²) in [5.41, 5.74) is 1.82. The van der Waals surface area contributed by atoms with Crippen LogP contribution in [0.5, 0.6) is 0 Å². The normalized spacial score (nSPS) is 10.1. The van der Waals surface area contributed by atoms with E-state index in [1.165, 1.54) is 18.3 Å². The fraction of sp³-hybridized carbons (Fsp3) is 0.167. The van der Waals surface area contributed by atoms with Gasteiger partial charge in [0.25, 0.3) is 0 Å². The molecule has 0 saturated carbocycles. The minimum Gasteiger partial charge on any atom is -0.478 e. The zero-order valence-electron chi connectivity index (χ0n) is 9.79. The van der Waals surface area contributed by atoms with E-state index in [1.54, 1.807) is 12.4 Å². The first-order valence-electron chi connectivity index (χ1n) is 5.36. The molecule has 0 aliphatic rings. The number of aryl methyl sites for hydroxylation is 1. The van der Waals surface area contributed by atoms with Gasteiger partial charge in [0.15, 0.2) is 0 Å². The molecule has 6 nitrogen and oxygen atoms in total. The van der Waals surface area contributed by atoms with Crippen LogP contribution in [0.4, 0.5) is 5.95 Å². The molecule has 6 heteroatoms. The van der Waals surface area contributed by atoms with E-state index in [9.17, 15) is 4.79 Å². The molecular formula is C12H12N4O2. The molecule has 0 fully saturated rings. The van der Waals surface area contributed by atoms with Crippen LogP contribution in [-0.4, -0.2) is 26.0 Å². The Hall–Kier alpha value is -2.50. The molecule has 0 unspecified atom stereocenters. The largest absolute Gasteiger partial charge is 0.478 e. The Morgan fingerprint density at radius 1 is 1.33 bits per heavy atom. The summed E-state index contributed by atoms with van der Waals surface area (Å²) in [7, 11) is 0. The Morgan fingerprint density at radius 3 is 2.72 bits per heavy atom. The van der Waals surface area contributed by atoms with Crippen molar-refractivity contribution in [1.29, 1.82) is 0 Å². The first kappa shape index (κ1) is 12.0. The summed E-state index contributed by atoms with van der Waals surface area (Å²) < 4.78 is 0. The molecular weight excluding hydrogens is 232 g/mol. The van der Waals surface area contributed by atoms with Gasteiger partial charge in [0, 0.05) is 18.6 Å². The zero-order valence-corrected chi connectivity index (χ0v) is 9.79. The van der Waals surface area contributed by atoms with Crippen molar-refractivity contribution in [3.8, 4) is 0 Å². The summed E-state index contributed by atoms with van der Waals surface area (Å²) in [5, 5.41) is 11.8. The van der Waals surface area contributed by atoms with E-state index in [0.29, 0.717) is 18.2 Å². The van der Waals surface area contributed by atoms with E-state index < -0.39 is 5.97 Å². The average Bonchev–Trinajstić information content (AvgIpc) is 2.38. The van der Waals surface area contributed by atoms with Crippen molar-refractivity contribution < 1.29 is 9.90 Å². The molecule has 0 aliphatic carbocycles. The molecule has 0 aromatic carbocycles. The molecule has 2 N–H and O–H groups in total. The number of carboxylic acid groups (broad SMARTS) is 1. The quantitative estimate of drug-likeness (QED) is 0.847. The highest BCUT2D eigenvalue weighted by molar-refractivity contribution is 5.87. The molecule has 18 heavy (non-hydrogen) atoms. The topological polar surface area (TPSA) is 88.0 Å². The van der Waals surface area contributed by atoms with E-state index in [2.05, 4.69) is 20.3 Å². The summed E-state index contributed by atoms with van der Waals surface area (Å²) >= 11 is 0. The average molecular weight is 244 g/mol. The smallest absolute Gasteiger partial charge is 0.335 e. The summed E-state index contributed by atoms with van der Waals surface area (Å²) in [6.45, 7) is 2.28. The zero-order chi connectivity index (χ0) is 13.0. The van der Waals surface area contributed by atoms with Crippen LogP contribution >= 0.6 is 0 Å². The van der Waals surface area contributed by atoms with Gasteiger partial charge in [-0.3, -0.25) is 4.98 Å². The van der Waals surface area contributed by atoms with E-state index in [4.69, 9.17) is 5.11 Å². The van der Waals surface area contributed by atoms with Crippen molar-refractivity contribution in [3.63, 3.8) is 0 Å². The van der Waals surface area contributed by atoms with E-state index >= 15 is 0 Å². The van der Waals surface area contributed by atoms with E-state index in [1.807, 2.05) is 6.92 Å². The van der Waals surface area contributed by atoms with Crippen LogP contribution in [0.3, 0.4) is 0 Å². The number of carbonyl (C=O) groups is 1. The van der Waals surface area contributed by atoms with Gasteiger partial charge in [0.05, 0.1) is 17.8 Å². The maximum Gasteiger partial charge on any atom is 0.335 e. The Balaban J connectivity index is 2.04. The molecule has 0 saturated heterocycles. The van der Waals surface area contributed by atoms with Crippen LogP contribution < -0.4 is 5.32 Å². The number of aromatic carboxylic acids is 1. The maximum atomic E-state index is 10.8. The highest BCUT2D eigenvalue weighted by Crippen LogP contribution is 2.05. The third kappa shape index (κ3) is 3.00. The standard InChI is InChI=1S/C12H12N4O2/c1-8-5-14-12(15-6-8)16-7-10-4-9(11(17)18)2-3-13-10/h2-6H,7H2,1H3,(H,17,18)(H,14,15,16). The number of carboxylic acids is 1. The number of nitrogens with zero attached hydrogens (tertiary/aromatic N) is 3. The lowest BCUT2D eigenvalue weighted by Gasteiger charge is -2.04. The highest BCUT2D eigenvalue weighted by Gasteiger charge is 2.04. The van der Waals surface area contributed by atoms with Crippen molar-refractivity contribution in [2.24, 2.45) is 0 Å². The second-order valence-corrected chi connectivity index (χ2v) is 3.78. The highest BCUT2D eigenvalue weighted by atomic mass is 16.4. The first-order chi connectivity index (χ1) is 8.65. The lowest BCUT2D eigenvalue weighted by Crippen LogP contribution is -2.06. The predicted octanol–water partition coefficient (Wildman–Crippen LogP) is 1.49. The van der Waals surface area contributed by atoms with Gasteiger partial charge in [-0.2, -0.15) is 0 Å². The van der Waals surface area contributed by atoms with E-state index in [0.717, 1.165) is 5.56 Å². The van der Waals surface area contributed by atoms with Gasteiger partial charge < -0.3 is 10.4 Å². The summed E-state index contributed by atoms with van der Waals surface area (Å²) in [4.78, 5) is 23.0. The molecule has 2 aromatic heterocycles. The van der Waals surface area contributed by atoms with Crippen LogP contribution in [0.2, 0.25) is 0 Å². The van der Waals surface area contributed by atoms with Gasteiger partial charge in [0.1, 0.15) is 0 Å². The second kappa shape index (κ2) is 5.22. The van der Waals surface area contributed by atoms with Crippen molar-refractivity contribution in [3.05, 3.63) is 47.5 Å². The van der Waals surface area contributed by atoms with Crippen LogP contribution in [0.25, 0.3) is 0 Å². The molecule has 0 spiro atoms. The van der Waals surface area contributed by atoms with Crippen molar-refractivity contribution in [1.82, 2.24) is 15.0 Å². The number of hydrogen-bond acceptors (Lipinski definition) is 5. The Morgan fingerprint density at radius 2 is 2.06 bits per heavy atom. The third-order valence-corrected chi connectivity index (χ3v) is 2.27. The monoisotopic (exact) mass is 244 g/mol. The number of hydrogen-bond donors (Lipinski definition) is 2. The molecule has 92 valence electrons. The van der Waals surface area contributed by atoms with Crippen LogP contribution in [-0.2, 0) is 6.54 Å². The Kier molecular flexibility index (Phi) is 3.47. The Labute approximate surface area is 104 Å². The first-order valence-corrected chi connectivity index (χ1v) is 5.36. The number of anilines is 1. The van der Waals surface area contributed by atoms with E-state index in [-0.39, 0.29) is 5.56 Å². The van der Waals surface area contributed by atoms with Crippen LogP contribution in [0.1, 0.15) is 21.6 Å². The third-order valence-electron chi connectivity index (χ3n) is 2.27. The maximum absolute atomic E-state index is 10.8. The lowest BCUT2D eigenvalue weighted by atomic mass is 10.2. The van der Waals surface area contributed by atoms with Gasteiger partial charge in [-0.25, -0.2) is 14.8 Å². The molecule has 2 aromatic rings. The molecule has 0 radical (unpaired) electrons. The molecule has 0 bridgehead atoms. The summed E-state index contributed by atoms with van der Waals surface area (Å²) in [6.07, 6.45) is 4.88. The summed E-state index contributed by atoms with van der Waals surface area (Å²) in [6, 6.07) is 2.97. The molecule has 2 rings (SSSR count). The fourth-order valence-corrected chi connectivity index (χ4v) is 1.36. The van der Waals surface area contributed by atoms with Gasteiger partial charge >= 0.3 is 5.97 Å². The number of aromatic nitrogens is 3. The minimum atomic E-state index is -0.967.